The predicted molar refractivity (Wildman–Crippen MR) is 108 cm³/mol. The summed E-state index contributed by atoms with van der Waals surface area (Å²) in [6.45, 7) is 12.6. The van der Waals surface area contributed by atoms with Gasteiger partial charge >= 0.3 is 0 Å². The molecule has 1 unspecified atom stereocenters. The minimum Gasteiger partial charge on any atom is -0.379 e. The Morgan fingerprint density at radius 3 is 2.58 bits per heavy atom. The third-order valence-corrected chi connectivity index (χ3v) is 5.40. The zero-order valence-corrected chi connectivity index (χ0v) is 16.6. The van der Waals surface area contributed by atoms with Crippen LogP contribution in [-0.4, -0.2) is 75.3 Å². The zero-order chi connectivity index (χ0) is 18.4. The van der Waals surface area contributed by atoms with Gasteiger partial charge in [-0.25, -0.2) is 0 Å². The van der Waals surface area contributed by atoms with Crippen LogP contribution in [0.5, 0.6) is 0 Å². The maximum Gasteiger partial charge on any atom is 0.193 e. The fraction of sp³-hybridized carbons (Fsp3) is 0.667. The number of rotatable bonds is 5. The number of benzene rings is 1. The van der Waals surface area contributed by atoms with Crippen molar-refractivity contribution in [1.82, 2.24) is 15.1 Å². The monoisotopic (exact) mass is 358 g/mol. The van der Waals surface area contributed by atoms with Gasteiger partial charge in [0, 0.05) is 46.3 Å². The highest BCUT2D eigenvalue weighted by Crippen LogP contribution is 2.18. The Balaban J connectivity index is 1.44. The molecule has 144 valence electrons. The summed E-state index contributed by atoms with van der Waals surface area (Å²) < 4.78 is 5.46. The SMILES string of the molecule is CN=C(NCCc1cc(C)cc(C)c1)N1CCC(CN2CCOCC2)C1. The van der Waals surface area contributed by atoms with Crippen LogP contribution < -0.4 is 5.32 Å². The maximum absolute atomic E-state index is 5.46. The van der Waals surface area contributed by atoms with E-state index in [1.54, 1.807) is 0 Å². The molecule has 0 radical (unpaired) electrons. The van der Waals surface area contributed by atoms with Crippen molar-refractivity contribution < 1.29 is 4.74 Å². The van der Waals surface area contributed by atoms with Crippen molar-refractivity contribution >= 4 is 5.96 Å². The number of ether oxygens (including phenoxy) is 1. The Kier molecular flexibility index (Phi) is 6.92. The summed E-state index contributed by atoms with van der Waals surface area (Å²) in [4.78, 5) is 9.49. The molecule has 1 aromatic carbocycles. The van der Waals surface area contributed by atoms with Crippen molar-refractivity contribution in [1.29, 1.82) is 0 Å². The first-order chi connectivity index (χ1) is 12.6. The Hall–Kier alpha value is -1.59. The van der Waals surface area contributed by atoms with E-state index in [0.717, 1.165) is 64.2 Å². The number of likely N-dealkylation sites (tertiary alicyclic amines) is 1. The summed E-state index contributed by atoms with van der Waals surface area (Å²) in [7, 11) is 1.90. The van der Waals surface area contributed by atoms with Gasteiger partial charge in [-0.1, -0.05) is 29.3 Å². The highest BCUT2D eigenvalue weighted by molar-refractivity contribution is 5.80. The zero-order valence-electron chi connectivity index (χ0n) is 16.6. The number of morpholine rings is 1. The van der Waals surface area contributed by atoms with Crippen LogP contribution >= 0.6 is 0 Å². The molecule has 1 aromatic rings. The van der Waals surface area contributed by atoms with Crippen molar-refractivity contribution in [2.75, 3.05) is 59.5 Å². The van der Waals surface area contributed by atoms with E-state index in [1.807, 2.05) is 7.05 Å². The molecule has 0 aromatic heterocycles. The lowest BCUT2D eigenvalue weighted by molar-refractivity contribution is 0.0315. The minimum atomic E-state index is 0.742. The van der Waals surface area contributed by atoms with E-state index in [4.69, 9.17) is 4.74 Å². The largest absolute Gasteiger partial charge is 0.379 e. The van der Waals surface area contributed by atoms with E-state index in [-0.39, 0.29) is 0 Å². The molecular formula is C21H34N4O. The molecule has 2 heterocycles. The molecule has 2 fully saturated rings. The highest BCUT2D eigenvalue weighted by atomic mass is 16.5. The van der Waals surface area contributed by atoms with Gasteiger partial charge in [0.2, 0.25) is 0 Å². The van der Waals surface area contributed by atoms with Gasteiger partial charge in [-0.15, -0.1) is 0 Å². The second-order valence-electron chi connectivity index (χ2n) is 7.73. The fourth-order valence-electron chi connectivity index (χ4n) is 4.19. The Bertz CT molecular complexity index is 590. The summed E-state index contributed by atoms with van der Waals surface area (Å²) in [6, 6.07) is 6.80. The van der Waals surface area contributed by atoms with E-state index in [1.165, 1.54) is 29.7 Å². The molecule has 0 amide bonds. The van der Waals surface area contributed by atoms with Gasteiger partial charge in [-0.05, 0) is 38.2 Å². The van der Waals surface area contributed by atoms with Crippen LogP contribution in [0.2, 0.25) is 0 Å². The Morgan fingerprint density at radius 1 is 1.15 bits per heavy atom. The average Bonchev–Trinajstić information content (AvgIpc) is 3.07. The number of hydrogen-bond donors (Lipinski definition) is 1. The molecule has 0 saturated carbocycles. The molecule has 2 aliphatic heterocycles. The van der Waals surface area contributed by atoms with E-state index in [9.17, 15) is 0 Å². The second kappa shape index (κ2) is 9.38. The first-order valence-electron chi connectivity index (χ1n) is 9.97. The molecular weight excluding hydrogens is 324 g/mol. The number of aliphatic imine (C=N–C) groups is 1. The van der Waals surface area contributed by atoms with Gasteiger partial charge in [0.25, 0.3) is 0 Å². The van der Waals surface area contributed by atoms with Crippen molar-refractivity contribution in [2.24, 2.45) is 10.9 Å². The van der Waals surface area contributed by atoms with Crippen molar-refractivity contribution in [3.05, 3.63) is 34.9 Å². The van der Waals surface area contributed by atoms with Crippen LogP contribution in [0.3, 0.4) is 0 Å². The van der Waals surface area contributed by atoms with Crippen LogP contribution in [-0.2, 0) is 11.2 Å². The van der Waals surface area contributed by atoms with Gasteiger partial charge in [-0.2, -0.15) is 0 Å². The molecule has 1 atom stereocenters. The van der Waals surface area contributed by atoms with Crippen LogP contribution in [0, 0.1) is 19.8 Å². The third-order valence-electron chi connectivity index (χ3n) is 5.40. The molecule has 26 heavy (non-hydrogen) atoms. The lowest BCUT2D eigenvalue weighted by Gasteiger charge is -2.29. The van der Waals surface area contributed by atoms with Crippen molar-refractivity contribution in [2.45, 2.75) is 26.7 Å². The summed E-state index contributed by atoms with van der Waals surface area (Å²) in [5, 5.41) is 3.57. The van der Waals surface area contributed by atoms with Crippen LogP contribution in [0.1, 0.15) is 23.1 Å². The van der Waals surface area contributed by atoms with Gasteiger partial charge in [0.15, 0.2) is 5.96 Å². The first-order valence-corrected chi connectivity index (χ1v) is 9.97. The molecule has 5 heteroatoms. The number of nitrogens with zero attached hydrogens (tertiary/aromatic N) is 3. The lowest BCUT2D eigenvalue weighted by atomic mass is 10.1. The number of nitrogens with one attached hydrogen (secondary N) is 1. The van der Waals surface area contributed by atoms with Gasteiger partial charge in [0.1, 0.15) is 0 Å². The van der Waals surface area contributed by atoms with Gasteiger partial charge in [-0.3, -0.25) is 9.89 Å². The summed E-state index contributed by atoms with van der Waals surface area (Å²) >= 11 is 0. The van der Waals surface area contributed by atoms with Crippen molar-refractivity contribution in [3.63, 3.8) is 0 Å². The molecule has 3 rings (SSSR count). The van der Waals surface area contributed by atoms with E-state index in [2.05, 4.69) is 52.2 Å². The van der Waals surface area contributed by atoms with Crippen LogP contribution in [0.4, 0.5) is 0 Å². The van der Waals surface area contributed by atoms with E-state index in [0.29, 0.717) is 0 Å². The summed E-state index contributed by atoms with van der Waals surface area (Å²) in [5.41, 5.74) is 4.09. The maximum atomic E-state index is 5.46. The van der Waals surface area contributed by atoms with Gasteiger partial charge < -0.3 is 15.0 Å². The smallest absolute Gasteiger partial charge is 0.193 e. The van der Waals surface area contributed by atoms with E-state index >= 15 is 0 Å². The quantitative estimate of drug-likeness (QED) is 0.646. The minimum absolute atomic E-state index is 0.742. The molecule has 0 aliphatic carbocycles. The first kappa shape index (κ1) is 19.2. The second-order valence-corrected chi connectivity index (χ2v) is 7.73. The number of aryl methyl sites for hydroxylation is 2. The normalized spacial score (nSPS) is 22.0. The molecule has 1 N–H and O–H groups in total. The number of hydrogen-bond acceptors (Lipinski definition) is 3. The van der Waals surface area contributed by atoms with Crippen LogP contribution in [0.25, 0.3) is 0 Å². The summed E-state index contributed by atoms with van der Waals surface area (Å²) in [6.07, 6.45) is 2.29. The topological polar surface area (TPSA) is 40.1 Å². The Morgan fingerprint density at radius 2 is 1.88 bits per heavy atom. The average molecular weight is 359 g/mol. The molecule has 2 aliphatic rings. The van der Waals surface area contributed by atoms with Crippen LogP contribution in [0.15, 0.2) is 23.2 Å². The predicted octanol–water partition coefficient (Wildman–Crippen LogP) is 2.08. The standard InChI is InChI=1S/C21H34N4O/c1-17-12-18(2)14-19(13-17)4-6-23-21(22-3)25-7-5-20(16-25)15-24-8-10-26-11-9-24/h12-14,20H,4-11,15-16H2,1-3H3,(H,22,23). The third kappa shape index (κ3) is 5.45. The summed E-state index contributed by atoms with van der Waals surface area (Å²) in [5.74, 6) is 1.80. The van der Waals surface area contributed by atoms with Gasteiger partial charge in [0.05, 0.1) is 13.2 Å². The molecule has 5 nitrogen and oxygen atoms in total. The number of guanidine groups is 1. The molecule has 2 saturated heterocycles. The van der Waals surface area contributed by atoms with E-state index < -0.39 is 0 Å². The Labute approximate surface area is 158 Å². The molecule has 0 bridgehead atoms. The lowest BCUT2D eigenvalue weighted by Crippen LogP contribution is -2.42. The van der Waals surface area contributed by atoms with Crippen molar-refractivity contribution in [3.8, 4) is 0 Å². The fourth-order valence-corrected chi connectivity index (χ4v) is 4.19. The highest BCUT2D eigenvalue weighted by Gasteiger charge is 2.26. The molecule has 0 spiro atoms.